The number of halogens is 8. The van der Waals surface area contributed by atoms with Crippen molar-refractivity contribution in [3.05, 3.63) is 19.2 Å². The summed E-state index contributed by atoms with van der Waals surface area (Å²) in [7, 11) is 0. The molecule has 104 valence electrons. The number of alkyl halides is 6. The summed E-state index contributed by atoms with van der Waals surface area (Å²) in [5.41, 5.74) is -4.44. The third-order valence-corrected chi connectivity index (χ3v) is 3.98. The molecule has 0 aliphatic carbocycles. The quantitative estimate of drug-likeness (QED) is 0.425. The van der Waals surface area contributed by atoms with E-state index in [2.05, 4.69) is 30.9 Å². The van der Waals surface area contributed by atoms with Gasteiger partial charge in [-0.2, -0.15) is 26.3 Å². The van der Waals surface area contributed by atoms with Crippen molar-refractivity contribution in [2.45, 2.75) is 12.4 Å². The van der Waals surface area contributed by atoms with Crippen molar-refractivity contribution in [1.29, 1.82) is 0 Å². The fourth-order valence-corrected chi connectivity index (χ4v) is 3.08. The molecule has 0 radical (unpaired) electrons. The van der Waals surface area contributed by atoms with Crippen LogP contribution in [-0.2, 0) is 12.4 Å². The van der Waals surface area contributed by atoms with Gasteiger partial charge in [-0.3, -0.25) is 0 Å². The van der Waals surface area contributed by atoms with Crippen LogP contribution in [0.25, 0.3) is 11.0 Å². The van der Waals surface area contributed by atoms with Crippen molar-refractivity contribution in [2.75, 3.05) is 0 Å². The molecule has 0 amide bonds. The van der Waals surface area contributed by atoms with E-state index in [0.717, 1.165) is 22.6 Å². The van der Waals surface area contributed by atoms with Crippen LogP contribution < -0.4 is 0 Å². The monoisotopic (exact) mass is 460 g/mol. The Morgan fingerprint density at radius 2 is 1.37 bits per heavy atom. The molecule has 0 fully saturated rings. The number of hydrogen-bond donors (Lipinski definition) is 0. The maximum absolute atomic E-state index is 12.8. The van der Waals surface area contributed by atoms with Gasteiger partial charge in [0.2, 0.25) is 0 Å². The lowest BCUT2D eigenvalue weighted by molar-refractivity contribution is -0.162. The highest BCUT2D eigenvalue weighted by Crippen LogP contribution is 2.48. The van der Waals surface area contributed by atoms with Gasteiger partial charge in [-0.15, -0.1) is 0 Å². The van der Waals surface area contributed by atoms with Crippen LogP contribution in [0.1, 0.15) is 11.1 Å². The Kier molecular flexibility index (Phi) is 3.48. The number of aromatic nitrogens is 2. The Balaban J connectivity index is 3.02. The fraction of sp³-hybridized carbons (Fsp3) is 0.250. The fourth-order valence-electron chi connectivity index (χ4n) is 1.47. The molecular formula is C8BrF6IN2O. The second kappa shape index (κ2) is 4.46. The first-order chi connectivity index (χ1) is 8.55. The lowest BCUT2D eigenvalue weighted by atomic mass is 10.1. The Hall–Kier alpha value is -0.590. The van der Waals surface area contributed by atoms with Crippen LogP contribution in [-0.4, -0.2) is 10.3 Å². The summed E-state index contributed by atoms with van der Waals surface area (Å²) in [5.74, 6) is 0. The minimum Gasteiger partial charge on any atom is -0.243 e. The Labute approximate surface area is 122 Å². The SMILES string of the molecule is FC(F)(F)c1c(C(F)(F)F)c(I)c2nonc2c1Br. The van der Waals surface area contributed by atoms with Crippen LogP contribution >= 0.6 is 38.5 Å². The summed E-state index contributed by atoms with van der Waals surface area (Å²) in [4.78, 5) is 0. The van der Waals surface area contributed by atoms with E-state index in [1.54, 1.807) is 0 Å². The highest BCUT2D eigenvalue weighted by molar-refractivity contribution is 14.1. The van der Waals surface area contributed by atoms with Crippen molar-refractivity contribution in [3.63, 3.8) is 0 Å². The van der Waals surface area contributed by atoms with Gasteiger partial charge in [0, 0.05) is 0 Å². The van der Waals surface area contributed by atoms with E-state index in [1.807, 2.05) is 0 Å². The van der Waals surface area contributed by atoms with Gasteiger partial charge in [-0.1, -0.05) is 0 Å². The van der Waals surface area contributed by atoms with Crippen molar-refractivity contribution in [1.82, 2.24) is 10.3 Å². The molecule has 0 unspecified atom stereocenters. The molecule has 1 aromatic heterocycles. The maximum atomic E-state index is 12.8. The van der Waals surface area contributed by atoms with Crippen LogP contribution in [0.5, 0.6) is 0 Å². The molecule has 0 aliphatic heterocycles. The second-order valence-electron chi connectivity index (χ2n) is 3.33. The van der Waals surface area contributed by atoms with E-state index in [4.69, 9.17) is 0 Å². The normalized spacial score (nSPS) is 13.3. The van der Waals surface area contributed by atoms with E-state index in [9.17, 15) is 26.3 Å². The van der Waals surface area contributed by atoms with Gasteiger partial charge in [-0.05, 0) is 48.8 Å². The van der Waals surface area contributed by atoms with Crippen LogP contribution in [0.2, 0.25) is 0 Å². The summed E-state index contributed by atoms with van der Waals surface area (Å²) in [5, 5.41) is 6.36. The predicted molar refractivity (Wildman–Crippen MR) is 62.2 cm³/mol. The van der Waals surface area contributed by atoms with E-state index >= 15 is 0 Å². The number of hydrogen-bond acceptors (Lipinski definition) is 3. The average Bonchev–Trinajstić information content (AvgIpc) is 2.68. The second-order valence-corrected chi connectivity index (χ2v) is 5.21. The van der Waals surface area contributed by atoms with E-state index in [1.165, 1.54) is 0 Å². The number of rotatable bonds is 0. The lowest BCUT2D eigenvalue weighted by Gasteiger charge is -2.18. The van der Waals surface area contributed by atoms with Gasteiger partial charge in [0.1, 0.15) is 5.52 Å². The minimum atomic E-state index is -5.20. The molecule has 0 saturated carbocycles. The first kappa shape index (κ1) is 14.8. The molecule has 0 bridgehead atoms. The Morgan fingerprint density at radius 1 is 0.895 bits per heavy atom. The number of fused-ring (bicyclic) bond motifs is 1. The molecule has 0 N–H and O–H groups in total. The molecule has 2 aromatic rings. The summed E-state index contributed by atoms with van der Waals surface area (Å²) < 4.78 is 79.7. The molecule has 0 atom stereocenters. The van der Waals surface area contributed by atoms with E-state index in [-0.39, 0.29) is 5.52 Å². The van der Waals surface area contributed by atoms with Gasteiger partial charge < -0.3 is 0 Å². The maximum Gasteiger partial charge on any atom is 0.418 e. The smallest absolute Gasteiger partial charge is 0.243 e. The van der Waals surface area contributed by atoms with Crippen molar-refractivity contribution >= 4 is 49.6 Å². The van der Waals surface area contributed by atoms with Gasteiger partial charge in [0.15, 0.2) is 5.52 Å². The Bertz CT molecular complexity index is 595. The van der Waals surface area contributed by atoms with E-state index in [0.29, 0.717) is 0 Å². The molecule has 0 aliphatic rings. The van der Waals surface area contributed by atoms with Crippen molar-refractivity contribution < 1.29 is 31.0 Å². The molecule has 19 heavy (non-hydrogen) atoms. The molecule has 0 saturated heterocycles. The zero-order chi connectivity index (χ0) is 14.6. The summed E-state index contributed by atoms with van der Waals surface area (Å²) in [6.07, 6.45) is -10.4. The first-order valence-electron chi connectivity index (χ1n) is 4.32. The standard InChI is InChI=1S/C8BrF6IN2O/c9-3-1(7(10,11)12)2(8(13,14)15)4(16)6-5(3)17-19-18-6. The summed E-state index contributed by atoms with van der Waals surface area (Å²) >= 11 is 3.63. The molecule has 0 spiro atoms. The largest absolute Gasteiger partial charge is 0.418 e. The molecule has 2 rings (SSSR count). The highest BCUT2D eigenvalue weighted by atomic mass is 127. The zero-order valence-electron chi connectivity index (χ0n) is 8.33. The van der Waals surface area contributed by atoms with Crippen LogP contribution in [0, 0.1) is 3.57 Å². The predicted octanol–water partition coefficient (Wildman–Crippen LogP) is 4.63. The molecule has 1 heterocycles. The number of nitrogens with zero attached hydrogens (tertiary/aromatic N) is 2. The Morgan fingerprint density at radius 3 is 1.84 bits per heavy atom. The summed E-state index contributed by atoms with van der Waals surface area (Å²) in [6.45, 7) is 0. The lowest BCUT2D eigenvalue weighted by Crippen LogP contribution is -2.19. The minimum absolute atomic E-state index is 0.382. The average molecular weight is 461 g/mol. The topological polar surface area (TPSA) is 38.9 Å². The molecule has 11 heteroatoms. The zero-order valence-corrected chi connectivity index (χ0v) is 12.1. The van der Waals surface area contributed by atoms with Gasteiger partial charge >= 0.3 is 12.4 Å². The molecule has 1 aromatic carbocycles. The van der Waals surface area contributed by atoms with E-state index < -0.39 is 37.0 Å². The van der Waals surface area contributed by atoms with Crippen molar-refractivity contribution in [2.24, 2.45) is 0 Å². The third-order valence-electron chi connectivity index (χ3n) is 2.16. The third kappa shape index (κ3) is 2.41. The van der Waals surface area contributed by atoms with Gasteiger partial charge in [0.25, 0.3) is 0 Å². The summed E-state index contributed by atoms with van der Waals surface area (Å²) in [6, 6.07) is 0. The highest BCUT2D eigenvalue weighted by Gasteiger charge is 2.48. The van der Waals surface area contributed by atoms with Crippen molar-refractivity contribution in [3.8, 4) is 0 Å². The molecular weight excluding hydrogens is 461 g/mol. The number of benzene rings is 1. The van der Waals surface area contributed by atoms with Gasteiger partial charge in [-0.25, -0.2) is 4.63 Å². The van der Waals surface area contributed by atoms with Gasteiger partial charge in [0.05, 0.1) is 19.2 Å². The van der Waals surface area contributed by atoms with Crippen LogP contribution in [0.15, 0.2) is 9.10 Å². The van der Waals surface area contributed by atoms with Crippen LogP contribution in [0.4, 0.5) is 26.3 Å². The molecule has 3 nitrogen and oxygen atoms in total. The first-order valence-corrected chi connectivity index (χ1v) is 6.20. The van der Waals surface area contributed by atoms with Crippen LogP contribution in [0.3, 0.4) is 0 Å².